The number of thiocarbonyl (C=S) groups is 1. The fourth-order valence-electron chi connectivity index (χ4n) is 1.25. The molecule has 0 aliphatic rings. The molecule has 0 saturated heterocycles. The molecule has 0 amide bonds. The van der Waals surface area contributed by atoms with Crippen LogP contribution in [0.4, 0.5) is 0 Å². The highest BCUT2D eigenvalue weighted by molar-refractivity contribution is 8.17. The molecule has 0 rings (SSSR count). The molecule has 0 aliphatic heterocycles. The highest BCUT2D eigenvalue weighted by Gasteiger charge is 2.19. The van der Waals surface area contributed by atoms with Crippen LogP contribution in [-0.2, 0) is 0 Å². The van der Waals surface area contributed by atoms with Gasteiger partial charge in [-0.3, -0.25) is 4.99 Å². The smallest absolute Gasteiger partial charge is 0.106 e. The maximum atomic E-state index is 5.47. The van der Waals surface area contributed by atoms with E-state index in [1.54, 1.807) is 11.8 Å². The van der Waals surface area contributed by atoms with Crippen LogP contribution < -0.4 is 0 Å². The molecule has 0 fully saturated rings. The van der Waals surface area contributed by atoms with E-state index >= 15 is 0 Å². The molecule has 0 heterocycles. The molecule has 18 heavy (non-hydrogen) atoms. The zero-order valence-electron chi connectivity index (χ0n) is 11.8. The molecule has 3 heteroatoms. The first-order chi connectivity index (χ1) is 8.40. The van der Waals surface area contributed by atoms with Gasteiger partial charge in [0.05, 0.1) is 5.54 Å². The van der Waals surface area contributed by atoms with Gasteiger partial charge in [-0.05, 0) is 19.8 Å². The molecular formula is C15H23NS2. The lowest BCUT2D eigenvalue weighted by Gasteiger charge is -2.20. The SMILES string of the molecule is C=CCS/C(=N\C(C)(C=C)/C=C\C)C(=S)C(C)C. The van der Waals surface area contributed by atoms with Gasteiger partial charge in [-0.2, -0.15) is 0 Å². The van der Waals surface area contributed by atoms with Gasteiger partial charge < -0.3 is 0 Å². The second-order valence-electron chi connectivity index (χ2n) is 4.47. The van der Waals surface area contributed by atoms with Gasteiger partial charge in [-0.15, -0.1) is 24.9 Å². The number of nitrogens with zero attached hydrogens (tertiary/aromatic N) is 1. The average molecular weight is 281 g/mol. The Morgan fingerprint density at radius 1 is 1.44 bits per heavy atom. The summed E-state index contributed by atoms with van der Waals surface area (Å²) in [7, 11) is 0. The zero-order chi connectivity index (χ0) is 14.2. The van der Waals surface area contributed by atoms with Crippen molar-refractivity contribution in [1.82, 2.24) is 0 Å². The van der Waals surface area contributed by atoms with Crippen LogP contribution >= 0.6 is 24.0 Å². The summed E-state index contributed by atoms with van der Waals surface area (Å²) >= 11 is 7.10. The summed E-state index contributed by atoms with van der Waals surface area (Å²) in [5.74, 6) is 1.13. The summed E-state index contributed by atoms with van der Waals surface area (Å²) in [6.07, 6.45) is 7.71. The van der Waals surface area contributed by atoms with Gasteiger partial charge in [0.2, 0.25) is 0 Å². The highest BCUT2D eigenvalue weighted by atomic mass is 32.2. The Bertz CT molecular complexity index is 367. The number of allylic oxidation sites excluding steroid dienone is 1. The van der Waals surface area contributed by atoms with Crippen LogP contribution in [0.15, 0.2) is 42.5 Å². The van der Waals surface area contributed by atoms with Crippen LogP contribution in [0.2, 0.25) is 0 Å². The first-order valence-electron chi connectivity index (χ1n) is 6.05. The lowest BCUT2D eigenvalue weighted by Crippen LogP contribution is -2.22. The predicted molar refractivity (Wildman–Crippen MR) is 90.9 cm³/mol. The Morgan fingerprint density at radius 2 is 2.06 bits per heavy atom. The Kier molecular flexibility index (Phi) is 8.12. The van der Waals surface area contributed by atoms with Crippen molar-refractivity contribution in [3.63, 3.8) is 0 Å². The molecule has 0 saturated carbocycles. The van der Waals surface area contributed by atoms with Gasteiger partial charge in [0.1, 0.15) is 5.04 Å². The third kappa shape index (κ3) is 5.78. The first kappa shape index (κ1) is 17.3. The second kappa shape index (κ2) is 8.44. The van der Waals surface area contributed by atoms with Crippen molar-refractivity contribution in [1.29, 1.82) is 0 Å². The van der Waals surface area contributed by atoms with E-state index in [4.69, 9.17) is 17.2 Å². The Morgan fingerprint density at radius 3 is 2.44 bits per heavy atom. The number of aliphatic imine (C=N–C) groups is 1. The van der Waals surface area contributed by atoms with Crippen LogP contribution in [0, 0.1) is 5.92 Å². The van der Waals surface area contributed by atoms with E-state index < -0.39 is 5.54 Å². The van der Waals surface area contributed by atoms with Crippen molar-refractivity contribution in [3.8, 4) is 0 Å². The third-order valence-electron chi connectivity index (χ3n) is 2.33. The molecule has 0 aromatic carbocycles. The van der Waals surface area contributed by atoms with Crippen molar-refractivity contribution in [2.75, 3.05) is 5.75 Å². The van der Waals surface area contributed by atoms with E-state index in [2.05, 4.69) is 27.0 Å². The van der Waals surface area contributed by atoms with E-state index in [0.29, 0.717) is 5.92 Å². The molecular weight excluding hydrogens is 258 g/mol. The molecule has 0 spiro atoms. The van der Waals surface area contributed by atoms with Crippen LogP contribution in [0.3, 0.4) is 0 Å². The van der Waals surface area contributed by atoms with Gasteiger partial charge >= 0.3 is 0 Å². The molecule has 0 aliphatic carbocycles. The Labute approximate surface area is 121 Å². The minimum absolute atomic E-state index is 0.315. The maximum Gasteiger partial charge on any atom is 0.106 e. The Hall–Kier alpha value is -0.670. The summed E-state index contributed by atoms with van der Waals surface area (Å²) in [5, 5.41) is 0.917. The summed E-state index contributed by atoms with van der Waals surface area (Å²) in [6, 6.07) is 0. The summed E-state index contributed by atoms with van der Waals surface area (Å²) in [5.41, 5.74) is -0.392. The van der Waals surface area contributed by atoms with Crippen molar-refractivity contribution < 1.29 is 0 Å². The van der Waals surface area contributed by atoms with Crippen molar-refractivity contribution in [2.45, 2.75) is 33.2 Å². The van der Waals surface area contributed by atoms with Crippen molar-refractivity contribution >= 4 is 33.9 Å². The predicted octanol–water partition coefficient (Wildman–Crippen LogP) is 4.85. The van der Waals surface area contributed by atoms with E-state index in [1.807, 2.05) is 38.2 Å². The monoisotopic (exact) mass is 281 g/mol. The van der Waals surface area contributed by atoms with E-state index in [-0.39, 0.29) is 0 Å². The molecule has 0 bridgehead atoms. The lowest BCUT2D eigenvalue weighted by atomic mass is 10.0. The van der Waals surface area contributed by atoms with Gasteiger partial charge in [0.25, 0.3) is 0 Å². The van der Waals surface area contributed by atoms with E-state index in [1.165, 1.54) is 0 Å². The van der Waals surface area contributed by atoms with E-state index in [9.17, 15) is 0 Å². The van der Waals surface area contributed by atoms with Crippen molar-refractivity contribution in [2.24, 2.45) is 10.9 Å². The van der Waals surface area contributed by atoms with E-state index in [0.717, 1.165) is 15.7 Å². The summed E-state index contributed by atoms with van der Waals surface area (Å²) in [4.78, 5) is 5.66. The van der Waals surface area contributed by atoms with Crippen LogP contribution in [-0.4, -0.2) is 21.2 Å². The molecule has 0 N–H and O–H groups in total. The third-order valence-corrected chi connectivity index (χ3v) is 4.11. The second-order valence-corrected chi connectivity index (χ2v) is 5.91. The molecule has 1 atom stereocenters. The van der Waals surface area contributed by atoms with Crippen LogP contribution in [0.25, 0.3) is 0 Å². The quantitative estimate of drug-likeness (QED) is 0.286. The highest BCUT2D eigenvalue weighted by Crippen LogP contribution is 2.20. The van der Waals surface area contributed by atoms with Gasteiger partial charge in [0, 0.05) is 10.6 Å². The van der Waals surface area contributed by atoms with Gasteiger partial charge in [-0.25, -0.2) is 0 Å². The molecule has 0 aromatic rings. The number of thioether (sulfide) groups is 1. The first-order valence-corrected chi connectivity index (χ1v) is 7.44. The summed E-state index contributed by atoms with van der Waals surface area (Å²) < 4.78 is 0. The van der Waals surface area contributed by atoms with Crippen LogP contribution in [0.1, 0.15) is 27.7 Å². The normalized spacial score (nSPS) is 15.7. The molecule has 0 radical (unpaired) electrons. The standard InChI is InChI=1S/C15H23NS2/c1-7-10-15(6,9-3)16-14(18-11-8-2)13(17)12(4)5/h7-10,12H,2-3,11H2,1,4-6H3/b10-7-,16-14-. The molecule has 0 aromatic heterocycles. The number of hydrogen-bond acceptors (Lipinski definition) is 3. The summed E-state index contributed by atoms with van der Waals surface area (Å²) in [6.45, 7) is 15.8. The van der Waals surface area contributed by atoms with Gasteiger partial charge in [-0.1, -0.05) is 50.4 Å². The lowest BCUT2D eigenvalue weighted by molar-refractivity contribution is 0.742. The number of hydrogen-bond donors (Lipinski definition) is 0. The number of rotatable bonds is 7. The van der Waals surface area contributed by atoms with Crippen LogP contribution in [0.5, 0.6) is 0 Å². The topological polar surface area (TPSA) is 12.4 Å². The maximum absolute atomic E-state index is 5.47. The van der Waals surface area contributed by atoms with Gasteiger partial charge in [0.15, 0.2) is 0 Å². The van der Waals surface area contributed by atoms with Crippen molar-refractivity contribution in [3.05, 3.63) is 37.5 Å². The molecule has 100 valence electrons. The fraction of sp³-hybridized carbons (Fsp3) is 0.467. The minimum atomic E-state index is -0.392. The fourth-order valence-corrected chi connectivity index (χ4v) is 2.39. The zero-order valence-corrected chi connectivity index (χ0v) is 13.4. The molecule has 1 nitrogen and oxygen atoms in total. The average Bonchev–Trinajstić information content (AvgIpc) is 2.33. The minimum Gasteiger partial charge on any atom is -0.263 e. The largest absolute Gasteiger partial charge is 0.263 e. The molecule has 1 unspecified atom stereocenters. The Balaban J connectivity index is 5.33.